The first-order valence-corrected chi connectivity index (χ1v) is 7.01. The van der Waals surface area contributed by atoms with Gasteiger partial charge in [-0.25, -0.2) is 0 Å². The number of halogens is 3. The van der Waals surface area contributed by atoms with Crippen LogP contribution in [0.5, 0.6) is 0 Å². The summed E-state index contributed by atoms with van der Waals surface area (Å²) >= 11 is 0. The highest BCUT2D eigenvalue weighted by molar-refractivity contribution is 5.95. The van der Waals surface area contributed by atoms with E-state index < -0.39 is 29.2 Å². The number of hydrogen-bond donors (Lipinski definition) is 2. The fourth-order valence-corrected chi connectivity index (χ4v) is 2.52. The molecule has 1 aliphatic heterocycles. The Labute approximate surface area is 130 Å². The lowest BCUT2D eigenvalue weighted by Gasteiger charge is -2.36. The number of rotatable bonds is 4. The van der Waals surface area contributed by atoms with Crippen molar-refractivity contribution in [3.8, 4) is 0 Å². The normalized spacial score (nSPS) is 17.5. The minimum atomic E-state index is -4.47. The van der Waals surface area contributed by atoms with E-state index in [4.69, 9.17) is 9.84 Å². The van der Waals surface area contributed by atoms with E-state index in [0.29, 0.717) is 26.1 Å². The average Bonchev–Trinajstić information content (AvgIpc) is 2.46. The molecule has 2 N–H and O–H groups in total. The van der Waals surface area contributed by atoms with E-state index >= 15 is 0 Å². The van der Waals surface area contributed by atoms with Crippen LogP contribution in [0.4, 0.5) is 13.2 Å². The topological polar surface area (TPSA) is 75.6 Å². The number of aliphatic carboxylic acids is 1. The molecule has 0 aromatic heterocycles. The molecule has 1 fully saturated rings. The largest absolute Gasteiger partial charge is 0.481 e. The molecule has 23 heavy (non-hydrogen) atoms. The van der Waals surface area contributed by atoms with Crippen molar-refractivity contribution in [1.82, 2.24) is 5.32 Å². The summed E-state index contributed by atoms with van der Waals surface area (Å²) < 4.78 is 42.7. The number of alkyl halides is 3. The number of ether oxygens (including phenoxy) is 1. The van der Waals surface area contributed by atoms with Crippen molar-refractivity contribution in [3.63, 3.8) is 0 Å². The number of carboxylic acids is 1. The Bertz CT molecular complexity index is 577. The lowest BCUT2D eigenvalue weighted by molar-refractivity contribution is -0.140. The van der Waals surface area contributed by atoms with E-state index in [2.05, 4.69) is 5.32 Å². The monoisotopic (exact) mass is 331 g/mol. The van der Waals surface area contributed by atoms with Gasteiger partial charge in [-0.2, -0.15) is 13.2 Å². The van der Waals surface area contributed by atoms with Crippen LogP contribution in [0, 0.1) is 0 Å². The summed E-state index contributed by atoms with van der Waals surface area (Å²) in [7, 11) is 0. The van der Waals surface area contributed by atoms with Crippen LogP contribution in [0.3, 0.4) is 0 Å². The fraction of sp³-hybridized carbons (Fsp3) is 0.467. The van der Waals surface area contributed by atoms with Gasteiger partial charge in [0.05, 0.1) is 17.5 Å². The Morgan fingerprint density at radius 3 is 2.22 bits per heavy atom. The Hall–Kier alpha value is -2.09. The summed E-state index contributed by atoms with van der Waals surface area (Å²) in [6.07, 6.45) is -4.06. The summed E-state index contributed by atoms with van der Waals surface area (Å²) in [5, 5.41) is 11.7. The molecule has 1 aliphatic rings. The van der Waals surface area contributed by atoms with Crippen molar-refractivity contribution < 1.29 is 32.6 Å². The lowest BCUT2D eigenvalue weighted by Crippen LogP contribution is -2.53. The van der Waals surface area contributed by atoms with E-state index in [9.17, 15) is 22.8 Å². The molecule has 0 unspecified atom stereocenters. The van der Waals surface area contributed by atoms with Crippen LogP contribution >= 0.6 is 0 Å². The van der Waals surface area contributed by atoms with Gasteiger partial charge in [-0.15, -0.1) is 0 Å². The van der Waals surface area contributed by atoms with Gasteiger partial charge in [-0.05, 0) is 37.1 Å². The van der Waals surface area contributed by atoms with Gasteiger partial charge in [-0.1, -0.05) is 0 Å². The Balaban J connectivity index is 2.13. The molecule has 1 aromatic rings. The predicted octanol–water partition coefficient (Wildman–Crippen LogP) is 2.46. The smallest absolute Gasteiger partial charge is 0.416 e. The van der Waals surface area contributed by atoms with Gasteiger partial charge >= 0.3 is 12.1 Å². The molecule has 0 aliphatic carbocycles. The van der Waals surface area contributed by atoms with E-state index in [1.54, 1.807) is 0 Å². The van der Waals surface area contributed by atoms with Crippen molar-refractivity contribution >= 4 is 11.9 Å². The molecule has 1 saturated heterocycles. The third-order valence-corrected chi connectivity index (χ3v) is 3.79. The Morgan fingerprint density at radius 2 is 1.74 bits per heavy atom. The first-order valence-electron chi connectivity index (χ1n) is 7.01. The first-order chi connectivity index (χ1) is 10.7. The van der Waals surface area contributed by atoms with Crippen molar-refractivity contribution in [2.24, 2.45) is 0 Å². The number of carbonyl (C=O) groups excluding carboxylic acids is 1. The molecule has 2 rings (SSSR count). The zero-order valence-electron chi connectivity index (χ0n) is 12.2. The molecule has 1 aromatic carbocycles. The first kappa shape index (κ1) is 17.3. The minimum Gasteiger partial charge on any atom is -0.481 e. The molecule has 1 heterocycles. The maximum absolute atomic E-state index is 12.5. The molecule has 8 heteroatoms. The maximum atomic E-state index is 12.5. The number of carbonyl (C=O) groups is 2. The zero-order chi connectivity index (χ0) is 17.1. The molecule has 126 valence electrons. The molecule has 0 spiro atoms. The highest BCUT2D eigenvalue weighted by atomic mass is 19.4. The van der Waals surface area contributed by atoms with E-state index in [-0.39, 0.29) is 12.0 Å². The molecule has 1 amide bonds. The number of benzene rings is 1. The summed E-state index contributed by atoms with van der Waals surface area (Å²) in [5.74, 6) is -1.65. The van der Waals surface area contributed by atoms with Crippen LogP contribution in [0.15, 0.2) is 24.3 Å². The molecular weight excluding hydrogens is 315 g/mol. The quantitative estimate of drug-likeness (QED) is 0.889. The van der Waals surface area contributed by atoms with E-state index in [0.717, 1.165) is 24.3 Å². The van der Waals surface area contributed by atoms with Gasteiger partial charge in [0.15, 0.2) is 0 Å². The van der Waals surface area contributed by atoms with Crippen molar-refractivity contribution in [3.05, 3.63) is 35.4 Å². The predicted molar refractivity (Wildman–Crippen MR) is 73.9 cm³/mol. The van der Waals surface area contributed by atoms with Gasteiger partial charge in [-0.3, -0.25) is 9.59 Å². The Kier molecular flexibility index (Phi) is 4.93. The van der Waals surface area contributed by atoms with E-state index in [1.165, 1.54) is 0 Å². The highest BCUT2D eigenvalue weighted by Gasteiger charge is 2.37. The second kappa shape index (κ2) is 6.57. The van der Waals surface area contributed by atoms with Gasteiger partial charge in [0.2, 0.25) is 0 Å². The summed E-state index contributed by atoms with van der Waals surface area (Å²) in [6.45, 7) is 0.640. The second-order valence-corrected chi connectivity index (χ2v) is 5.49. The van der Waals surface area contributed by atoms with Gasteiger partial charge in [0, 0.05) is 18.8 Å². The number of amides is 1. The Morgan fingerprint density at radius 1 is 1.17 bits per heavy atom. The number of nitrogens with one attached hydrogen (secondary N) is 1. The molecule has 5 nitrogen and oxygen atoms in total. The van der Waals surface area contributed by atoms with Crippen LogP contribution in [-0.2, 0) is 15.7 Å². The van der Waals surface area contributed by atoms with Crippen LogP contribution < -0.4 is 5.32 Å². The van der Waals surface area contributed by atoms with Crippen LogP contribution in [0.2, 0.25) is 0 Å². The van der Waals surface area contributed by atoms with Crippen LogP contribution in [-0.4, -0.2) is 35.7 Å². The molecular formula is C15H16F3NO4. The lowest BCUT2D eigenvalue weighted by atomic mass is 9.86. The standard InChI is InChI=1S/C15H16F3NO4/c16-15(17,18)11-3-1-10(2-4-11)13(22)19-14(9-12(20)21)5-7-23-8-6-14/h1-4H,5-9H2,(H,19,22)(H,20,21). The molecule has 0 atom stereocenters. The van der Waals surface area contributed by atoms with Gasteiger partial charge in [0.25, 0.3) is 5.91 Å². The highest BCUT2D eigenvalue weighted by Crippen LogP contribution is 2.29. The van der Waals surface area contributed by atoms with Crippen LogP contribution in [0.1, 0.15) is 35.2 Å². The van der Waals surface area contributed by atoms with Gasteiger partial charge < -0.3 is 15.2 Å². The average molecular weight is 331 g/mol. The summed E-state index contributed by atoms with van der Waals surface area (Å²) in [4.78, 5) is 23.3. The number of hydrogen-bond acceptors (Lipinski definition) is 3. The SMILES string of the molecule is O=C(O)CC1(NC(=O)c2ccc(C(F)(F)F)cc2)CCOCC1. The maximum Gasteiger partial charge on any atom is 0.416 e. The third kappa shape index (κ3) is 4.44. The van der Waals surface area contributed by atoms with E-state index in [1.807, 2.05) is 0 Å². The van der Waals surface area contributed by atoms with Crippen molar-refractivity contribution in [1.29, 1.82) is 0 Å². The second-order valence-electron chi connectivity index (χ2n) is 5.49. The molecule has 0 radical (unpaired) electrons. The summed E-state index contributed by atoms with van der Waals surface area (Å²) in [6, 6.07) is 3.80. The molecule has 0 saturated carbocycles. The fourth-order valence-electron chi connectivity index (χ4n) is 2.52. The minimum absolute atomic E-state index is 0.0502. The van der Waals surface area contributed by atoms with Gasteiger partial charge in [0.1, 0.15) is 0 Å². The zero-order valence-corrected chi connectivity index (χ0v) is 12.2. The summed E-state index contributed by atoms with van der Waals surface area (Å²) in [5.41, 5.74) is -1.74. The van der Waals surface area contributed by atoms with Crippen LogP contribution in [0.25, 0.3) is 0 Å². The van der Waals surface area contributed by atoms with Crippen molar-refractivity contribution in [2.45, 2.75) is 31.0 Å². The molecule has 0 bridgehead atoms. The van der Waals surface area contributed by atoms with Crippen molar-refractivity contribution in [2.75, 3.05) is 13.2 Å². The number of carboxylic acid groups (broad SMARTS) is 1. The third-order valence-electron chi connectivity index (χ3n) is 3.79.